The molecule has 1 atom stereocenters. The normalized spacial score (nSPS) is 11.8. The molecule has 3 aromatic rings. The maximum absolute atomic E-state index is 5.98. The molecule has 1 unspecified atom stereocenters. The fourth-order valence-electron chi connectivity index (χ4n) is 2.25. The third kappa shape index (κ3) is 4.04. The molecular weight excluding hydrogens is 324 g/mol. The molecule has 5 heteroatoms. The molecule has 1 heterocycles. The lowest BCUT2D eigenvalue weighted by Gasteiger charge is -2.20. The van der Waals surface area contributed by atoms with Gasteiger partial charge in [0.15, 0.2) is 0 Å². The summed E-state index contributed by atoms with van der Waals surface area (Å²) in [6.45, 7) is 0.303. The van der Waals surface area contributed by atoms with Crippen LogP contribution in [0.5, 0.6) is 17.4 Å². The fourth-order valence-corrected chi connectivity index (χ4v) is 2.38. The second kappa shape index (κ2) is 7.81. The zero-order valence-electron chi connectivity index (χ0n) is 12.9. The van der Waals surface area contributed by atoms with Crippen LogP contribution >= 0.6 is 11.6 Å². The Kier molecular flexibility index (Phi) is 5.31. The van der Waals surface area contributed by atoms with Gasteiger partial charge in [0.05, 0.1) is 5.56 Å². The van der Waals surface area contributed by atoms with Gasteiger partial charge in [0.25, 0.3) is 0 Å². The highest BCUT2D eigenvalue weighted by Crippen LogP contribution is 2.30. The van der Waals surface area contributed by atoms with Gasteiger partial charge in [-0.15, -0.1) is 0 Å². The van der Waals surface area contributed by atoms with Crippen LogP contribution in [0, 0.1) is 0 Å². The Morgan fingerprint density at radius 2 is 1.67 bits per heavy atom. The number of ether oxygens (including phenoxy) is 2. The average Bonchev–Trinajstić information content (AvgIpc) is 2.63. The van der Waals surface area contributed by atoms with Crippen LogP contribution < -0.4 is 15.2 Å². The predicted octanol–water partition coefficient (Wildman–Crippen LogP) is 4.61. The summed E-state index contributed by atoms with van der Waals surface area (Å²) in [6.07, 6.45) is 1.31. The molecule has 122 valence electrons. The van der Waals surface area contributed by atoms with Crippen LogP contribution in [0.4, 0.5) is 0 Å². The van der Waals surface area contributed by atoms with Crippen molar-refractivity contribution in [2.75, 3.05) is 6.54 Å². The lowest BCUT2D eigenvalue weighted by molar-refractivity contribution is 0.209. The predicted molar refractivity (Wildman–Crippen MR) is 94.6 cm³/mol. The van der Waals surface area contributed by atoms with E-state index >= 15 is 0 Å². The minimum absolute atomic E-state index is 0.303. The Hall–Kier alpha value is -2.56. The van der Waals surface area contributed by atoms with Crippen LogP contribution in [0.15, 0.2) is 72.9 Å². The van der Waals surface area contributed by atoms with E-state index < -0.39 is 0 Å². The number of pyridine rings is 1. The van der Waals surface area contributed by atoms with Crippen LogP contribution in [0.3, 0.4) is 0 Å². The van der Waals surface area contributed by atoms with Gasteiger partial charge in [-0.2, -0.15) is 0 Å². The first-order valence-corrected chi connectivity index (χ1v) is 7.94. The number of benzene rings is 2. The molecule has 3 rings (SSSR count). The van der Waals surface area contributed by atoms with E-state index in [1.807, 2.05) is 42.5 Å². The van der Waals surface area contributed by atoms with Crippen LogP contribution in [0.2, 0.25) is 5.02 Å². The second-order valence-corrected chi connectivity index (χ2v) is 5.55. The molecule has 0 spiro atoms. The van der Waals surface area contributed by atoms with Crippen LogP contribution in [0.1, 0.15) is 11.7 Å². The van der Waals surface area contributed by atoms with Crippen molar-refractivity contribution in [1.82, 2.24) is 4.98 Å². The lowest BCUT2D eigenvalue weighted by atomic mass is 10.1. The number of rotatable bonds is 6. The van der Waals surface area contributed by atoms with Gasteiger partial charge in [-0.1, -0.05) is 29.8 Å². The van der Waals surface area contributed by atoms with E-state index in [1.54, 1.807) is 30.5 Å². The summed E-state index contributed by atoms with van der Waals surface area (Å²) in [6, 6.07) is 20.4. The Balaban J connectivity index is 1.85. The van der Waals surface area contributed by atoms with Crippen molar-refractivity contribution in [2.24, 2.45) is 5.73 Å². The van der Waals surface area contributed by atoms with Gasteiger partial charge in [0.1, 0.15) is 17.6 Å². The quantitative estimate of drug-likeness (QED) is 0.712. The van der Waals surface area contributed by atoms with Gasteiger partial charge in [0, 0.05) is 17.8 Å². The van der Waals surface area contributed by atoms with Crippen molar-refractivity contribution >= 4 is 11.6 Å². The first kappa shape index (κ1) is 16.3. The monoisotopic (exact) mass is 340 g/mol. The number of aromatic nitrogens is 1. The Morgan fingerprint density at radius 3 is 2.38 bits per heavy atom. The summed E-state index contributed by atoms with van der Waals surface area (Å²) in [4.78, 5) is 4.32. The highest BCUT2D eigenvalue weighted by molar-refractivity contribution is 6.30. The van der Waals surface area contributed by atoms with Gasteiger partial charge in [-0.3, -0.25) is 0 Å². The summed E-state index contributed by atoms with van der Waals surface area (Å²) in [5, 5.41) is 0.649. The van der Waals surface area contributed by atoms with E-state index in [1.165, 1.54) is 0 Å². The van der Waals surface area contributed by atoms with Crippen molar-refractivity contribution in [3.05, 3.63) is 83.5 Å². The second-order valence-electron chi connectivity index (χ2n) is 5.11. The van der Waals surface area contributed by atoms with Gasteiger partial charge >= 0.3 is 0 Å². The largest absolute Gasteiger partial charge is 0.484 e. The van der Waals surface area contributed by atoms with Crippen LogP contribution in [-0.2, 0) is 0 Å². The molecule has 0 aliphatic rings. The Bertz CT molecular complexity index is 779. The third-order valence-corrected chi connectivity index (χ3v) is 3.66. The molecule has 1 aromatic heterocycles. The fraction of sp³-hybridized carbons (Fsp3) is 0.105. The number of nitrogens with two attached hydrogens (primary N) is 1. The highest BCUT2D eigenvalue weighted by atomic mass is 35.5. The first-order valence-electron chi connectivity index (χ1n) is 7.56. The summed E-state index contributed by atoms with van der Waals surface area (Å²) in [5.41, 5.74) is 6.70. The van der Waals surface area contributed by atoms with E-state index in [2.05, 4.69) is 4.98 Å². The molecule has 0 bridgehead atoms. The summed E-state index contributed by atoms with van der Waals surface area (Å²) in [5.74, 6) is 1.86. The molecule has 4 nitrogen and oxygen atoms in total. The van der Waals surface area contributed by atoms with Crippen molar-refractivity contribution in [3.63, 3.8) is 0 Å². The van der Waals surface area contributed by atoms with E-state index in [9.17, 15) is 0 Å². The number of para-hydroxylation sites is 1. The lowest BCUT2D eigenvalue weighted by Crippen LogP contribution is -2.19. The molecule has 0 fully saturated rings. The van der Waals surface area contributed by atoms with Crippen LogP contribution in [0.25, 0.3) is 0 Å². The molecular formula is C19H17ClN2O2. The molecule has 2 N–H and O–H groups in total. The molecule has 0 amide bonds. The standard InChI is InChI=1S/C19H17ClN2O2/c20-14-8-10-16(11-9-14)24-19-17(7-4-12-22-19)18(13-21)23-15-5-2-1-3-6-15/h1-12,18H,13,21H2. The molecule has 0 saturated carbocycles. The molecule has 0 aliphatic carbocycles. The smallest absolute Gasteiger partial charge is 0.226 e. The number of halogens is 1. The van der Waals surface area contributed by atoms with Crippen LogP contribution in [-0.4, -0.2) is 11.5 Å². The van der Waals surface area contributed by atoms with E-state index in [0.717, 1.165) is 11.3 Å². The zero-order valence-corrected chi connectivity index (χ0v) is 13.7. The van der Waals surface area contributed by atoms with Gasteiger partial charge in [-0.05, 0) is 48.5 Å². The Morgan fingerprint density at radius 1 is 0.917 bits per heavy atom. The highest BCUT2D eigenvalue weighted by Gasteiger charge is 2.18. The zero-order chi connectivity index (χ0) is 16.8. The minimum atomic E-state index is -0.358. The van der Waals surface area contributed by atoms with Gasteiger partial charge in [0.2, 0.25) is 5.88 Å². The summed E-state index contributed by atoms with van der Waals surface area (Å²) in [7, 11) is 0. The summed E-state index contributed by atoms with van der Waals surface area (Å²) < 4.78 is 11.9. The molecule has 0 radical (unpaired) electrons. The molecule has 0 saturated heterocycles. The van der Waals surface area contributed by atoms with E-state index in [0.29, 0.717) is 23.2 Å². The van der Waals surface area contributed by atoms with Crippen molar-refractivity contribution in [1.29, 1.82) is 0 Å². The number of hydrogen-bond donors (Lipinski definition) is 1. The Labute approximate surface area is 145 Å². The van der Waals surface area contributed by atoms with Gasteiger partial charge in [-0.25, -0.2) is 4.98 Å². The molecule has 24 heavy (non-hydrogen) atoms. The van der Waals surface area contributed by atoms with E-state index in [4.69, 9.17) is 26.8 Å². The van der Waals surface area contributed by atoms with Crippen molar-refractivity contribution in [3.8, 4) is 17.4 Å². The van der Waals surface area contributed by atoms with Crippen molar-refractivity contribution < 1.29 is 9.47 Å². The maximum atomic E-state index is 5.98. The minimum Gasteiger partial charge on any atom is -0.484 e. The third-order valence-electron chi connectivity index (χ3n) is 3.41. The number of nitrogens with zero attached hydrogens (tertiary/aromatic N) is 1. The van der Waals surface area contributed by atoms with E-state index in [-0.39, 0.29) is 6.10 Å². The molecule has 2 aromatic carbocycles. The topological polar surface area (TPSA) is 57.4 Å². The first-order chi connectivity index (χ1) is 11.8. The maximum Gasteiger partial charge on any atom is 0.226 e. The SMILES string of the molecule is NCC(Oc1ccccc1)c1cccnc1Oc1ccc(Cl)cc1. The molecule has 0 aliphatic heterocycles. The van der Waals surface area contributed by atoms with Gasteiger partial charge < -0.3 is 15.2 Å². The summed E-state index contributed by atoms with van der Waals surface area (Å²) >= 11 is 5.90. The van der Waals surface area contributed by atoms with Crippen molar-refractivity contribution in [2.45, 2.75) is 6.10 Å². The average molecular weight is 341 g/mol. The number of hydrogen-bond acceptors (Lipinski definition) is 4.